The molecule has 1 atom stereocenters. The van der Waals surface area contributed by atoms with Gasteiger partial charge < -0.3 is 15.2 Å². The molecule has 1 heterocycles. The molecule has 19 heavy (non-hydrogen) atoms. The normalized spacial score (nSPS) is 12.1. The fourth-order valence-corrected chi connectivity index (χ4v) is 2.05. The van der Waals surface area contributed by atoms with Crippen molar-refractivity contribution >= 4 is 17.4 Å². The van der Waals surface area contributed by atoms with Crippen molar-refractivity contribution in [3.8, 4) is 5.88 Å². The fourth-order valence-electron chi connectivity index (χ4n) is 1.69. The van der Waals surface area contributed by atoms with Crippen LogP contribution < -0.4 is 10.1 Å². The minimum Gasteiger partial charge on any atom is -0.473 e. The third-order valence-corrected chi connectivity index (χ3v) is 3.15. The number of nitrogens with one attached hydrogen (secondary N) is 1. The molecule has 2 N–H and O–H groups in total. The summed E-state index contributed by atoms with van der Waals surface area (Å²) in [6, 6.07) is 8.08. The van der Waals surface area contributed by atoms with Gasteiger partial charge in [-0.1, -0.05) is 25.1 Å². The summed E-state index contributed by atoms with van der Waals surface area (Å²) in [4.78, 5) is 0. The lowest BCUT2D eigenvalue weighted by molar-refractivity contribution is 0.115. The van der Waals surface area contributed by atoms with Crippen molar-refractivity contribution in [2.45, 2.75) is 19.4 Å². The number of aryl methyl sites for hydroxylation is 1. The highest BCUT2D eigenvalue weighted by molar-refractivity contribution is 6.99. The third kappa shape index (κ3) is 4.18. The number of aliphatic hydroxyl groups excluding tert-OH is 1. The van der Waals surface area contributed by atoms with Crippen LogP contribution in [0.5, 0.6) is 5.88 Å². The highest BCUT2D eigenvalue weighted by Crippen LogP contribution is 2.15. The Kier molecular flexibility index (Phi) is 5.11. The predicted molar refractivity (Wildman–Crippen MR) is 75.7 cm³/mol. The number of ether oxygens (including phenoxy) is 1. The zero-order chi connectivity index (χ0) is 13.5. The molecule has 0 spiro atoms. The highest BCUT2D eigenvalue weighted by atomic mass is 32.1. The van der Waals surface area contributed by atoms with E-state index < -0.39 is 6.10 Å². The van der Waals surface area contributed by atoms with E-state index in [1.54, 1.807) is 0 Å². The maximum atomic E-state index is 9.84. The minimum atomic E-state index is -0.591. The van der Waals surface area contributed by atoms with Gasteiger partial charge in [0.1, 0.15) is 18.9 Å². The van der Waals surface area contributed by atoms with Gasteiger partial charge in [-0.05, 0) is 18.1 Å². The van der Waals surface area contributed by atoms with Gasteiger partial charge in [-0.15, -0.1) is 4.37 Å². The maximum absolute atomic E-state index is 9.84. The molecule has 1 unspecified atom stereocenters. The Morgan fingerprint density at radius 2 is 2.26 bits per heavy atom. The smallest absolute Gasteiger partial charge is 0.245 e. The van der Waals surface area contributed by atoms with Crippen molar-refractivity contribution < 1.29 is 9.84 Å². The van der Waals surface area contributed by atoms with E-state index in [4.69, 9.17) is 4.74 Å². The summed E-state index contributed by atoms with van der Waals surface area (Å²) < 4.78 is 13.0. The van der Waals surface area contributed by atoms with E-state index in [2.05, 4.69) is 27.1 Å². The number of nitrogens with zero attached hydrogens (tertiary/aromatic N) is 2. The van der Waals surface area contributed by atoms with Crippen LogP contribution in [0.15, 0.2) is 30.5 Å². The molecule has 0 saturated carbocycles. The highest BCUT2D eigenvalue weighted by Gasteiger charge is 2.07. The number of hydrogen-bond acceptors (Lipinski definition) is 6. The molecule has 2 aromatic rings. The van der Waals surface area contributed by atoms with Crippen LogP contribution in [0.25, 0.3) is 0 Å². The number of benzene rings is 1. The molecule has 0 bridgehead atoms. The number of hydrogen-bond donors (Lipinski definition) is 2. The Morgan fingerprint density at radius 1 is 1.42 bits per heavy atom. The van der Waals surface area contributed by atoms with Crippen molar-refractivity contribution in [3.05, 3.63) is 36.0 Å². The fraction of sp³-hybridized carbons (Fsp3) is 0.385. The topological polar surface area (TPSA) is 67.3 Å². The molecule has 0 saturated heterocycles. The van der Waals surface area contributed by atoms with E-state index in [-0.39, 0.29) is 6.61 Å². The van der Waals surface area contributed by atoms with Crippen LogP contribution in [0.1, 0.15) is 12.5 Å². The Labute approximate surface area is 116 Å². The van der Waals surface area contributed by atoms with Crippen molar-refractivity contribution in [1.82, 2.24) is 8.75 Å². The summed E-state index contributed by atoms with van der Waals surface area (Å²) >= 11 is 1.08. The lowest BCUT2D eigenvalue weighted by atomic mass is 10.1. The van der Waals surface area contributed by atoms with Gasteiger partial charge in [0.2, 0.25) is 5.88 Å². The molecule has 0 aliphatic rings. The molecular weight excluding hydrogens is 262 g/mol. The van der Waals surface area contributed by atoms with Gasteiger partial charge in [-0.2, -0.15) is 4.37 Å². The van der Waals surface area contributed by atoms with E-state index in [0.717, 1.165) is 23.8 Å². The molecule has 0 fully saturated rings. The molecule has 0 aliphatic heterocycles. The van der Waals surface area contributed by atoms with E-state index in [9.17, 15) is 5.11 Å². The average molecular weight is 279 g/mol. The number of aliphatic hydroxyl groups is 1. The predicted octanol–water partition coefficient (Wildman–Crippen LogP) is 1.95. The summed E-state index contributed by atoms with van der Waals surface area (Å²) in [6.07, 6.45) is 1.91. The zero-order valence-electron chi connectivity index (χ0n) is 10.7. The van der Waals surface area contributed by atoms with Crippen LogP contribution in [0.4, 0.5) is 5.69 Å². The monoisotopic (exact) mass is 279 g/mol. The molecule has 5 nitrogen and oxygen atoms in total. The number of rotatable bonds is 7. The number of aromatic nitrogens is 2. The zero-order valence-corrected chi connectivity index (χ0v) is 11.6. The van der Waals surface area contributed by atoms with E-state index in [1.165, 1.54) is 11.8 Å². The van der Waals surface area contributed by atoms with Gasteiger partial charge in [0, 0.05) is 12.2 Å². The molecule has 102 valence electrons. The standard InChI is InChI=1S/C13H17N3O2S/c1-2-10-5-3-4-6-12(10)14-7-11(17)9-18-13-8-15-19-16-13/h3-6,8,11,14,17H,2,7,9H2,1H3. The quantitative estimate of drug-likeness (QED) is 0.811. The van der Waals surface area contributed by atoms with Crippen LogP contribution in [-0.4, -0.2) is 33.1 Å². The first-order valence-corrected chi connectivity index (χ1v) is 6.92. The second kappa shape index (κ2) is 7.06. The second-order valence-corrected chi connectivity index (χ2v) is 4.66. The van der Waals surface area contributed by atoms with E-state index in [0.29, 0.717) is 12.4 Å². The molecule has 1 aromatic heterocycles. The van der Waals surface area contributed by atoms with Crippen LogP contribution >= 0.6 is 11.7 Å². The Morgan fingerprint density at radius 3 is 3.00 bits per heavy atom. The van der Waals surface area contributed by atoms with Gasteiger partial charge in [-0.3, -0.25) is 0 Å². The summed E-state index contributed by atoms with van der Waals surface area (Å²) in [5, 5.41) is 13.1. The Hall–Kier alpha value is -1.66. The summed E-state index contributed by atoms with van der Waals surface area (Å²) in [7, 11) is 0. The third-order valence-electron chi connectivity index (χ3n) is 2.69. The lowest BCUT2D eigenvalue weighted by Crippen LogP contribution is -2.26. The first-order chi connectivity index (χ1) is 9.29. The molecule has 2 rings (SSSR count). The van der Waals surface area contributed by atoms with Gasteiger partial charge in [0.15, 0.2) is 0 Å². The van der Waals surface area contributed by atoms with Crippen molar-refractivity contribution in [2.75, 3.05) is 18.5 Å². The minimum absolute atomic E-state index is 0.201. The van der Waals surface area contributed by atoms with Gasteiger partial charge in [0.05, 0.1) is 11.7 Å². The summed E-state index contributed by atoms with van der Waals surface area (Å²) in [5.74, 6) is 0.456. The molecule has 0 aliphatic carbocycles. The van der Waals surface area contributed by atoms with Crippen molar-refractivity contribution in [2.24, 2.45) is 0 Å². The second-order valence-electron chi connectivity index (χ2n) is 4.10. The number of anilines is 1. The van der Waals surface area contributed by atoms with E-state index >= 15 is 0 Å². The summed E-state index contributed by atoms with van der Waals surface area (Å²) in [6.45, 7) is 2.75. The first-order valence-electron chi connectivity index (χ1n) is 6.19. The van der Waals surface area contributed by atoms with Crippen LogP contribution in [-0.2, 0) is 6.42 Å². The molecular formula is C13H17N3O2S. The van der Waals surface area contributed by atoms with Crippen LogP contribution in [0.2, 0.25) is 0 Å². The van der Waals surface area contributed by atoms with Gasteiger partial charge >= 0.3 is 0 Å². The first kappa shape index (κ1) is 13.8. The van der Waals surface area contributed by atoms with Crippen LogP contribution in [0, 0.1) is 0 Å². The molecule has 1 aromatic carbocycles. The maximum Gasteiger partial charge on any atom is 0.245 e. The van der Waals surface area contributed by atoms with Crippen molar-refractivity contribution in [1.29, 1.82) is 0 Å². The van der Waals surface area contributed by atoms with E-state index in [1.807, 2.05) is 18.2 Å². The molecule has 0 radical (unpaired) electrons. The number of para-hydroxylation sites is 1. The Balaban J connectivity index is 1.78. The SMILES string of the molecule is CCc1ccccc1NCC(O)COc1cnsn1. The largest absolute Gasteiger partial charge is 0.473 e. The van der Waals surface area contributed by atoms with Gasteiger partial charge in [-0.25, -0.2) is 0 Å². The molecule has 0 amide bonds. The summed E-state index contributed by atoms with van der Waals surface area (Å²) in [5.41, 5.74) is 2.29. The van der Waals surface area contributed by atoms with Crippen molar-refractivity contribution in [3.63, 3.8) is 0 Å². The van der Waals surface area contributed by atoms with Crippen LogP contribution in [0.3, 0.4) is 0 Å². The average Bonchev–Trinajstić information content (AvgIpc) is 2.96. The Bertz CT molecular complexity index is 490. The van der Waals surface area contributed by atoms with Gasteiger partial charge in [0.25, 0.3) is 0 Å². The lowest BCUT2D eigenvalue weighted by Gasteiger charge is -2.14. The molecule has 6 heteroatoms.